The molecule has 4 N–H and O–H groups in total. The lowest BCUT2D eigenvalue weighted by Crippen LogP contribution is -2.56. The zero-order valence-corrected chi connectivity index (χ0v) is 16.5. The first-order chi connectivity index (χ1) is 13.4. The van der Waals surface area contributed by atoms with Gasteiger partial charge in [0.25, 0.3) is 0 Å². The molecular weight excluding hydrogens is 360 g/mol. The molecule has 0 saturated carbocycles. The lowest BCUT2D eigenvalue weighted by atomic mass is 10.0. The molecule has 2 rings (SSSR count). The van der Waals surface area contributed by atoms with E-state index in [2.05, 4.69) is 10.6 Å². The van der Waals surface area contributed by atoms with Crippen molar-refractivity contribution >= 4 is 17.8 Å². The molecule has 4 amide bonds. The second-order valence-electron chi connectivity index (χ2n) is 7.38. The number of urea groups is 1. The summed E-state index contributed by atoms with van der Waals surface area (Å²) in [5, 5.41) is 5.50. The maximum Gasteiger partial charge on any atom is 0.318 e. The number of carbonyl (C=O) groups excluding carboxylic acids is 3. The van der Waals surface area contributed by atoms with Crippen LogP contribution in [0, 0.1) is 5.92 Å². The van der Waals surface area contributed by atoms with Gasteiger partial charge in [0, 0.05) is 19.5 Å². The number of ether oxygens (including phenoxy) is 1. The van der Waals surface area contributed by atoms with Gasteiger partial charge in [-0.05, 0) is 17.9 Å². The van der Waals surface area contributed by atoms with Crippen LogP contribution in [-0.2, 0) is 20.7 Å². The van der Waals surface area contributed by atoms with Crippen molar-refractivity contribution in [2.45, 2.75) is 38.8 Å². The van der Waals surface area contributed by atoms with Crippen LogP contribution in [0.3, 0.4) is 0 Å². The Labute approximate surface area is 165 Å². The Bertz CT molecular complexity index is 659. The standard InChI is InChI=1S/C20H30N4O4/c1-14(2)12-17(23-20(27)24-8-10-28-11-9-24)19(26)22-16(18(21)25)13-15-6-4-3-5-7-15/h3-7,14,16-17H,8-13H2,1-2H3,(H2,21,25)(H,22,26)(H,23,27)/t16-,17-/m0/s1. The third-order valence-electron chi connectivity index (χ3n) is 4.56. The van der Waals surface area contributed by atoms with Crippen LogP contribution in [0.2, 0.25) is 0 Å². The third kappa shape index (κ3) is 6.84. The van der Waals surface area contributed by atoms with Crippen molar-refractivity contribution in [2.75, 3.05) is 26.3 Å². The summed E-state index contributed by atoms with van der Waals surface area (Å²) in [7, 11) is 0. The van der Waals surface area contributed by atoms with E-state index in [9.17, 15) is 14.4 Å². The van der Waals surface area contributed by atoms with E-state index in [4.69, 9.17) is 10.5 Å². The number of hydrogen-bond donors (Lipinski definition) is 3. The highest BCUT2D eigenvalue weighted by Crippen LogP contribution is 2.09. The zero-order valence-electron chi connectivity index (χ0n) is 16.5. The van der Waals surface area contributed by atoms with E-state index in [1.807, 2.05) is 44.2 Å². The molecule has 0 radical (unpaired) electrons. The first-order valence-corrected chi connectivity index (χ1v) is 9.63. The molecular formula is C20H30N4O4. The summed E-state index contributed by atoms with van der Waals surface area (Å²) in [4.78, 5) is 38.8. The number of nitrogens with one attached hydrogen (secondary N) is 2. The summed E-state index contributed by atoms with van der Waals surface area (Å²) >= 11 is 0. The Hall–Kier alpha value is -2.61. The summed E-state index contributed by atoms with van der Waals surface area (Å²) < 4.78 is 5.25. The summed E-state index contributed by atoms with van der Waals surface area (Å²) in [6.45, 7) is 5.87. The van der Waals surface area contributed by atoms with E-state index in [-0.39, 0.29) is 11.9 Å². The Balaban J connectivity index is 2.02. The van der Waals surface area contributed by atoms with Crippen LogP contribution in [0.5, 0.6) is 0 Å². The fraction of sp³-hybridized carbons (Fsp3) is 0.550. The van der Waals surface area contributed by atoms with E-state index >= 15 is 0 Å². The van der Waals surface area contributed by atoms with Crippen LogP contribution in [0.15, 0.2) is 30.3 Å². The number of nitrogens with two attached hydrogens (primary N) is 1. The lowest BCUT2D eigenvalue weighted by Gasteiger charge is -2.30. The number of amides is 4. The lowest BCUT2D eigenvalue weighted by molar-refractivity contribution is -0.128. The number of benzene rings is 1. The largest absolute Gasteiger partial charge is 0.378 e. The van der Waals surface area contributed by atoms with Crippen molar-refractivity contribution < 1.29 is 19.1 Å². The molecule has 0 unspecified atom stereocenters. The Morgan fingerprint density at radius 2 is 1.71 bits per heavy atom. The van der Waals surface area contributed by atoms with E-state index in [0.717, 1.165) is 5.56 Å². The van der Waals surface area contributed by atoms with Gasteiger partial charge in [0.1, 0.15) is 12.1 Å². The highest BCUT2D eigenvalue weighted by atomic mass is 16.5. The molecule has 1 aromatic rings. The number of hydrogen-bond acceptors (Lipinski definition) is 4. The average Bonchev–Trinajstić information content (AvgIpc) is 2.68. The molecule has 1 aromatic carbocycles. The van der Waals surface area contributed by atoms with E-state index in [1.165, 1.54) is 0 Å². The van der Waals surface area contributed by atoms with Crippen molar-refractivity contribution in [1.29, 1.82) is 0 Å². The van der Waals surface area contributed by atoms with E-state index in [0.29, 0.717) is 39.1 Å². The second-order valence-corrected chi connectivity index (χ2v) is 7.38. The number of primary amides is 1. The van der Waals surface area contributed by atoms with Crippen molar-refractivity contribution in [2.24, 2.45) is 11.7 Å². The molecule has 154 valence electrons. The van der Waals surface area contributed by atoms with E-state index < -0.39 is 23.9 Å². The summed E-state index contributed by atoms with van der Waals surface area (Å²) in [6, 6.07) is 7.45. The highest BCUT2D eigenvalue weighted by Gasteiger charge is 2.28. The Morgan fingerprint density at radius 3 is 2.29 bits per heavy atom. The minimum atomic E-state index is -0.843. The number of nitrogens with zero attached hydrogens (tertiary/aromatic N) is 1. The predicted octanol–water partition coefficient (Wildman–Crippen LogP) is 0.656. The topological polar surface area (TPSA) is 114 Å². The Kier molecular flexibility index (Phi) is 8.25. The Morgan fingerprint density at radius 1 is 1.07 bits per heavy atom. The molecule has 1 fully saturated rings. The molecule has 8 nitrogen and oxygen atoms in total. The minimum absolute atomic E-state index is 0.182. The minimum Gasteiger partial charge on any atom is -0.378 e. The molecule has 1 saturated heterocycles. The van der Waals surface area contributed by atoms with Gasteiger partial charge >= 0.3 is 6.03 Å². The van der Waals surface area contributed by atoms with Gasteiger partial charge in [-0.1, -0.05) is 44.2 Å². The molecule has 0 aromatic heterocycles. The predicted molar refractivity (Wildman–Crippen MR) is 105 cm³/mol. The van der Waals surface area contributed by atoms with Gasteiger partial charge < -0.3 is 26.0 Å². The van der Waals surface area contributed by atoms with Gasteiger partial charge in [-0.2, -0.15) is 0 Å². The second kappa shape index (κ2) is 10.7. The molecule has 1 heterocycles. The molecule has 0 spiro atoms. The maximum absolute atomic E-state index is 12.8. The number of rotatable bonds is 8. The smallest absolute Gasteiger partial charge is 0.318 e. The van der Waals surface area contributed by atoms with E-state index in [1.54, 1.807) is 4.90 Å². The highest BCUT2D eigenvalue weighted by molar-refractivity contribution is 5.91. The van der Waals surface area contributed by atoms with Crippen LogP contribution in [0.4, 0.5) is 4.79 Å². The normalized spacial score (nSPS) is 16.3. The van der Waals surface area contributed by atoms with Crippen molar-refractivity contribution in [1.82, 2.24) is 15.5 Å². The van der Waals surface area contributed by atoms with Crippen molar-refractivity contribution in [3.63, 3.8) is 0 Å². The average molecular weight is 390 g/mol. The fourth-order valence-corrected chi connectivity index (χ4v) is 3.05. The van der Waals surface area contributed by atoms with Gasteiger partial charge in [0.2, 0.25) is 11.8 Å². The van der Waals surface area contributed by atoms with Crippen LogP contribution < -0.4 is 16.4 Å². The summed E-state index contributed by atoms with van der Waals surface area (Å²) in [5.74, 6) is -0.836. The molecule has 1 aliphatic heterocycles. The van der Waals surface area contributed by atoms with Crippen LogP contribution in [0.1, 0.15) is 25.8 Å². The van der Waals surface area contributed by atoms with Gasteiger partial charge in [-0.25, -0.2) is 4.79 Å². The van der Waals surface area contributed by atoms with Crippen molar-refractivity contribution in [3.05, 3.63) is 35.9 Å². The van der Waals surface area contributed by atoms with Gasteiger partial charge in [0.15, 0.2) is 0 Å². The molecule has 1 aliphatic rings. The number of carbonyl (C=O) groups is 3. The monoisotopic (exact) mass is 390 g/mol. The molecule has 0 aliphatic carbocycles. The van der Waals surface area contributed by atoms with Gasteiger partial charge in [0.05, 0.1) is 13.2 Å². The third-order valence-corrected chi connectivity index (χ3v) is 4.56. The number of morpholine rings is 1. The first kappa shape index (κ1) is 21.7. The quantitative estimate of drug-likeness (QED) is 0.605. The fourth-order valence-electron chi connectivity index (χ4n) is 3.05. The molecule has 0 bridgehead atoms. The maximum atomic E-state index is 12.8. The zero-order chi connectivity index (χ0) is 20.5. The van der Waals surface area contributed by atoms with Gasteiger partial charge in [-0.3, -0.25) is 9.59 Å². The van der Waals surface area contributed by atoms with Crippen LogP contribution in [-0.4, -0.2) is 61.1 Å². The van der Waals surface area contributed by atoms with Gasteiger partial charge in [-0.15, -0.1) is 0 Å². The van der Waals surface area contributed by atoms with Crippen LogP contribution in [0.25, 0.3) is 0 Å². The SMILES string of the molecule is CC(C)C[C@H](NC(=O)N1CCOCC1)C(=O)N[C@@H](Cc1ccccc1)C(N)=O. The molecule has 8 heteroatoms. The van der Waals surface area contributed by atoms with Crippen LogP contribution >= 0.6 is 0 Å². The van der Waals surface area contributed by atoms with Crippen molar-refractivity contribution in [3.8, 4) is 0 Å². The summed E-state index contributed by atoms with van der Waals surface area (Å²) in [6.07, 6.45) is 0.756. The summed E-state index contributed by atoms with van der Waals surface area (Å²) in [5.41, 5.74) is 6.38. The molecule has 2 atom stereocenters. The molecule has 28 heavy (non-hydrogen) atoms. The first-order valence-electron chi connectivity index (χ1n) is 9.63.